The Labute approximate surface area is 158 Å². The van der Waals surface area contributed by atoms with E-state index in [1.165, 1.54) is 12.8 Å². The van der Waals surface area contributed by atoms with E-state index in [-0.39, 0.29) is 17.1 Å². The van der Waals surface area contributed by atoms with Gasteiger partial charge in [0.25, 0.3) is 0 Å². The molecule has 0 radical (unpaired) electrons. The van der Waals surface area contributed by atoms with Crippen LogP contribution in [-0.2, 0) is 14.8 Å². The summed E-state index contributed by atoms with van der Waals surface area (Å²) in [6, 6.07) is 6.79. The van der Waals surface area contributed by atoms with Crippen LogP contribution in [0.4, 0.5) is 5.13 Å². The Kier molecular flexibility index (Phi) is 4.54. The number of ether oxygens (including phenoxy) is 1. The molecule has 2 fully saturated rings. The molecule has 1 aliphatic heterocycles. The Morgan fingerprint density at radius 1 is 1.15 bits per heavy atom. The first-order valence-corrected chi connectivity index (χ1v) is 11.2. The molecular weight excluding hydrogens is 370 g/mol. The van der Waals surface area contributed by atoms with E-state index >= 15 is 0 Å². The monoisotopic (exact) mass is 393 g/mol. The van der Waals surface area contributed by atoms with Crippen LogP contribution in [0.3, 0.4) is 0 Å². The minimum Gasteiger partial charge on any atom is -0.372 e. The third-order valence-electron chi connectivity index (χ3n) is 4.74. The van der Waals surface area contributed by atoms with Gasteiger partial charge in [-0.2, -0.15) is 0 Å². The van der Waals surface area contributed by atoms with E-state index in [1.54, 1.807) is 23.5 Å². The van der Waals surface area contributed by atoms with E-state index in [2.05, 4.69) is 18.7 Å². The molecule has 0 amide bonds. The minimum atomic E-state index is -3.67. The van der Waals surface area contributed by atoms with Crippen LogP contribution in [-0.4, -0.2) is 38.7 Å². The lowest BCUT2D eigenvalue weighted by atomic mass is 10.1. The maximum atomic E-state index is 11.5. The Morgan fingerprint density at radius 2 is 1.77 bits per heavy atom. The van der Waals surface area contributed by atoms with Crippen LogP contribution >= 0.6 is 11.3 Å². The number of nitrogens with two attached hydrogens (primary N) is 1. The lowest BCUT2D eigenvalue weighted by Gasteiger charge is -2.35. The van der Waals surface area contributed by atoms with Crippen molar-refractivity contribution in [2.75, 3.05) is 18.0 Å². The number of primary sulfonamides is 1. The first-order chi connectivity index (χ1) is 12.3. The highest BCUT2D eigenvalue weighted by molar-refractivity contribution is 7.89. The highest BCUT2D eigenvalue weighted by Gasteiger charge is 2.32. The molecule has 6 nitrogen and oxygen atoms in total. The van der Waals surface area contributed by atoms with Crippen LogP contribution in [0.15, 0.2) is 29.2 Å². The highest BCUT2D eigenvalue weighted by atomic mass is 32.2. The normalized spacial score (nSPS) is 24.0. The molecule has 26 heavy (non-hydrogen) atoms. The first-order valence-electron chi connectivity index (χ1n) is 8.85. The topological polar surface area (TPSA) is 85.5 Å². The summed E-state index contributed by atoms with van der Waals surface area (Å²) in [6.07, 6.45) is 2.71. The molecule has 4 rings (SSSR count). The Hall–Kier alpha value is -1.48. The molecule has 140 valence electrons. The van der Waals surface area contributed by atoms with Gasteiger partial charge in [-0.3, -0.25) is 0 Å². The summed E-state index contributed by atoms with van der Waals surface area (Å²) in [5, 5.41) is 6.23. The van der Waals surface area contributed by atoms with Crippen molar-refractivity contribution in [3.05, 3.63) is 30.0 Å². The molecule has 2 N–H and O–H groups in total. The van der Waals surface area contributed by atoms with Gasteiger partial charge in [-0.1, -0.05) is 23.5 Å². The molecule has 2 unspecified atom stereocenters. The van der Waals surface area contributed by atoms with Crippen molar-refractivity contribution in [2.45, 2.75) is 49.7 Å². The Bertz CT molecular complexity index is 894. The van der Waals surface area contributed by atoms with Crippen molar-refractivity contribution in [1.82, 2.24) is 4.98 Å². The number of aromatic nitrogens is 1. The summed E-state index contributed by atoms with van der Waals surface area (Å²) in [6.45, 7) is 5.85. The molecule has 2 aromatic rings. The fourth-order valence-corrected chi connectivity index (χ4v) is 5.12. The number of hydrogen-bond acceptors (Lipinski definition) is 6. The molecule has 1 aromatic carbocycles. The smallest absolute Gasteiger partial charge is 0.238 e. The Balaban J connectivity index is 1.69. The fraction of sp³-hybridized carbons (Fsp3) is 0.500. The number of morpholine rings is 1. The third-order valence-corrected chi connectivity index (χ3v) is 6.85. The van der Waals surface area contributed by atoms with Crippen LogP contribution in [0.1, 0.15) is 38.3 Å². The SMILES string of the molecule is CC1CN(c2nc(C3CC3)c(-c3ccc(S(N)(=O)=O)cc3)s2)CC(C)O1. The van der Waals surface area contributed by atoms with Crippen molar-refractivity contribution in [2.24, 2.45) is 5.14 Å². The molecule has 1 aliphatic carbocycles. The number of hydrogen-bond donors (Lipinski definition) is 1. The van der Waals surface area contributed by atoms with Crippen molar-refractivity contribution < 1.29 is 13.2 Å². The number of anilines is 1. The van der Waals surface area contributed by atoms with E-state index in [4.69, 9.17) is 14.9 Å². The van der Waals surface area contributed by atoms with Crippen LogP contribution in [0.25, 0.3) is 10.4 Å². The Morgan fingerprint density at radius 3 is 2.31 bits per heavy atom. The summed E-state index contributed by atoms with van der Waals surface area (Å²) >= 11 is 1.68. The summed E-state index contributed by atoms with van der Waals surface area (Å²) in [5.74, 6) is 0.517. The highest BCUT2D eigenvalue weighted by Crippen LogP contribution is 2.48. The van der Waals surface area contributed by atoms with Gasteiger partial charge in [0.15, 0.2) is 5.13 Å². The first kappa shape index (κ1) is 17.9. The van der Waals surface area contributed by atoms with Gasteiger partial charge in [0.1, 0.15) is 0 Å². The van der Waals surface area contributed by atoms with Gasteiger partial charge in [-0.05, 0) is 44.4 Å². The lowest BCUT2D eigenvalue weighted by Crippen LogP contribution is -2.45. The van der Waals surface area contributed by atoms with Crippen LogP contribution < -0.4 is 10.0 Å². The molecule has 0 spiro atoms. The zero-order chi connectivity index (χ0) is 18.5. The molecule has 1 saturated carbocycles. The predicted octanol–water partition coefficient (Wildman–Crippen LogP) is 2.95. The van der Waals surface area contributed by atoms with E-state index in [0.29, 0.717) is 5.92 Å². The van der Waals surface area contributed by atoms with Crippen LogP contribution in [0.5, 0.6) is 0 Å². The van der Waals surface area contributed by atoms with Gasteiger partial charge in [0, 0.05) is 19.0 Å². The largest absolute Gasteiger partial charge is 0.372 e. The van der Waals surface area contributed by atoms with E-state index < -0.39 is 10.0 Å². The number of nitrogens with zero attached hydrogens (tertiary/aromatic N) is 2. The summed E-state index contributed by atoms with van der Waals surface area (Å²) in [7, 11) is -3.67. The third kappa shape index (κ3) is 3.64. The zero-order valence-electron chi connectivity index (χ0n) is 14.9. The average molecular weight is 394 g/mol. The molecule has 2 heterocycles. The molecule has 1 saturated heterocycles. The fourth-order valence-electron chi connectivity index (χ4n) is 3.43. The van der Waals surface area contributed by atoms with Crippen molar-refractivity contribution in [3.8, 4) is 10.4 Å². The second-order valence-electron chi connectivity index (χ2n) is 7.22. The summed E-state index contributed by atoms with van der Waals surface area (Å²) in [4.78, 5) is 8.53. The van der Waals surface area contributed by atoms with E-state index in [0.717, 1.165) is 34.4 Å². The van der Waals surface area contributed by atoms with E-state index in [9.17, 15) is 8.42 Å². The average Bonchev–Trinajstić information content (AvgIpc) is 3.32. The van der Waals surface area contributed by atoms with E-state index in [1.807, 2.05) is 12.1 Å². The van der Waals surface area contributed by atoms with Crippen molar-refractivity contribution >= 4 is 26.5 Å². The van der Waals surface area contributed by atoms with Gasteiger partial charge in [0.05, 0.1) is 27.7 Å². The van der Waals surface area contributed by atoms with Gasteiger partial charge < -0.3 is 9.64 Å². The molecular formula is C18H23N3O3S2. The number of benzene rings is 1. The standard InChI is InChI=1S/C18H23N3O3S2/c1-11-9-21(10-12(2)24-11)18-20-16(13-3-4-13)17(25-18)14-5-7-15(8-6-14)26(19,22)23/h5-8,11-13H,3-4,9-10H2,1-2H3,(H2,19,22,23). The summed E-state index contributed by atoms with van der Waals surface area (Å²) in [5.41, 5.74) is 2.14. The van der Waals surface area contributed by atoms with Gasteiger partial charge >= 0.3 is 0 Å². The van der Waals surface area contributed by atoms with Crippen molar-refractivity contribution in [3.63, 3.8) is 0 Å². The maximum Gasteiger partial charge on any atom is 0.238 e. The molecule has 1 aromatic heterocycles. The number of rotatable bonds is 4. The van der Waals surface area contributed by atoms with Crippen molar-refractivity contribution in [1.29, 1.82) is 0 Å². The van der Waals surface area contributed by atoms with Crippen LogP contribution in [0, 0.1) is 0 Å². The molecule has 8 heteroatoms. The number of sulfonamides is 1. The second kappa shape index (κ2) is 6.60. The lowest BCUT2D eigenvalue weighted by molar-refractivity contribution is -0.00523. The number of thiazole rings is 1. The van der Waals surface area contributed by atoms with Gasteiger partial charge in [-0.15, -0.1) is 0 Å². The van der Waals surface area contributed by atoms with Gasteiger partial charge in [-0.25, -0.2) is 18.5 Å². The van der Waals surface area contributed by atoms with Gasteiger partial charge in [0.2, 0.25) is 10.0 Å². The molecule has 2 aliphatic rings. The minimum absolute atomic E-state index is 0.134. The molecule has 0 bridgehead atoms. The quantitative estimate of drug-likeness (QED) is 0.863. The zero-order valence-corrected chi connectivity index (χ0v) is 16.5. The molecule has 2 atom stereocenters. The maximum absolute atomic E-state index is 11.5. The summed E-state index contributed by atoms with van der Waals surface area (Å²) < 4.78 is 28.8. The second-order valence-corrected chi connectivity index (χ2v) is 9.76. The predicted molar refractivity (Wildman–Crippen MR) is 103 cm³/mol. The van der Waals surface area contributed by atoms with Crippen LogP contribution in [0.2, 0.25) is 0 Å².